The van der Waals surface area contributed by atoms with E-state index >= 15 is 0 Å². The number of carbonyl (C=O) groups excluding carboxylic acids is 4. The summed E-state index contributed by atoms with van der Waals surface area (Å²) in [6.07, 6.45) is 10.8. The summed E-state index contributed by atoms with van der Waals surface area (Å²) in [6.45, 7) is -0.603. The third-order valence-electron chi connectivity index (χ3n) is 12.2. The van der Waals surface area contributed by atoms with E-state index in [0.29, 0.717) is 49.9 Å². The zero-order valence-electron chi connectivity index (χ0n) is 25.2. The Morgan fingerprint density at radius 2 is 1.44 bits per heavy atom. The van der Waals surface area contributed by atoms with E-state index in [4.69, 9.17) is 4.74 Å². The Balaban J connectivity index is 0.00000357. The number of halogens is 2. The Labute approximate surface area is 255 Å². The number of amides is 2. The molecule has 6 bridgehead atoms. The second-order valence-corrected chi connectivity index (χ2v) is 16.3. The molecule has 7 aliphatic carbocycles. The molecule has 1 aliphatic heterocycles. The molecule has 246 valence electrons. The first-order valence-electron chi connectivity index (χ1n) is 16.3. The molecule has 14 heteroatoms. The van der Waals surface area contributed by atoms with Crippen molar-refractivity contribution in [3.63, 3.8) is 0 Å². The molecular formula is C31H39F2NO9RfS-2. The zero-order chi connectivity index (χ0) is 31.2. The first-order valence-corrected chi connectivity index (χ1v) is 17.7. The van der Waals surface area contributed by atoms with E-state index in [2.05, 4.69) is 4.74 Å². The van der Waals surface area contributed by atoms with Gasteiger partial charge in [-0.15, -0.1) is 0 Å². The van der Waals surface area contributed by atoms with Gasteiger partial charge in [-0.05, 0) is 81.5 Å². The Kier molecular flexibility index (Phi) is 7.77. The van der Waals surface area contributed by atoms with E-state index < -0.39 is 81.1 Å². The van der Waals surface area contributed by atoms with Gasteiger partial charge >= 0.3 is 5.97 Å². The van der Waals surface area contributed by atoms with Crippen molar-refractivity contribution >= 4 is 33.9 Å². The predicted octanol–water partition coefficient (Wildman–Crippen LogP) is 3.94. The molecule has 7 saturated carbocycles. The fourth-order valence-electron chi connectivity index (χ4n) is 10.8. The van der Waals surface area contributed by atoms with E-state index in [1.807, 2.05) is 0 Å². The zero-order valence-corrected chi connectivity index (χ0v) is 32.5. The first kappa shape index (κ1) is 31.8. The summed E-state index contributed by atoms with van der Waals surface area (Å²) in [7, 11) is -6.15. The number of hydrogen-bond donors (Lipinski definition) is 0. The average molecular weight is 907 g/mol. The van der Waals surface area contributed by atoms with Crippen LogP contribution in [-0.4, -0.2) is 59.0 Å². The maximum atomic E-state index is 14.5. The summed E-state index contributed by atoms with van der Waals surface area (Å²) in [5.74, 6) is -5.32. The summed E-state index contributed by atoms with van der Waals surface area (Å²) in [4.78, 5) is 56.7. The number of ether oxygens (including phenoxy) is 2. The number of esters is 2. The van der Waals surface area contributed by atoms with Gasteiger partial charge in [-0.25, -0.2) is 17.2 Å². The van der Waals surface area contributed by atoms with Gasteiger partial charge in [0.25, 0.3) is 11.2 Å². The molecule has 1 saturated heterocycles. The van der Waals surface area contributed by atoms with Crippen molar-refractivity contribution in [3.8, 4) is 0 Å². The van der Waals surface area contributed by atoms with Gasteiger partial charge in [0.1, 0.15) is 16.2 Å². The fourth-order valence-corrected chi connectivity index (χ4v) is 11.0. The summed E-state index contributed by atoms with van der Waals surface area (Å²) in [5.41, 5.74) is -0.672. The molecular weight excluding hydrogens is 867 g/mol. The van der Waals surface area contributed by atoms with Crippen LogP contribution < -0.4 is 0 Å². The van der Waals surface area contributed by atoms with Crippen LogP contribution in [0.25, 0.3) is 0 Å². The Bertz CT molecular complexity index is 1310. The first-order chi connectivity index (χ1) is 20.8. The van der Waals surface area contributed by atoms with E-state index in [9.17, 15) is 40.9 Å². The third kappa shape index (κ3) is 5.02. The van der Waals surface area contributed by atoms with Gasteiger partial charge in [0.05, 0.1) is 29.2 Å². The number of alkyl halides is 2. The average Bonchev–Trinajstić information content (AvgIpc) is 3.53. The van der Waals surface area contributed by atoms with Gasteiger partial charge in [-0.1, -0.05) is 38.7 Å². The number of hydrogen-bond acceptors (Lipinski definition) is 9. The molecule has 6 unspecified atom stereocenters. The number of rotatable bonds is 7. The number of carbonyl (C=O) groups is 4. The maximum Gasteiger partial charge on any atom is 0.309 e. The second kappa shape index (κ2) is 11.0. The van der Waals surface area contributed by atoms with Gasteiger partial charge in [0.2, 0.25) is 11.8 Å². The van der Waals surface area contributed by atoms with Crippen molar-refractivity contribution in [1.82, 2.24) is 4.90 Å². The molecule has 0 spiro atoms. The minimum absolute atomic E-state index is 0. The van der Waals surface area contributed by atoms with Crippen molar-refractivity contribution in [2.45, 2.75) is 107 Å². The van der Waals surface area contributed by atoms with E-state index in [0.717, 1.165) is 51.4 Å². The van der Waals surface area contributed by atoms with E-state index in [1.165, 1.54) is 4.90 Å². The van der Waals surface area contributed by atoms with Gasteiger partial charge in [-0.2, -0.15) is 0 Å². The molecule has 8 fully saturated rings. The van der Waals surface area contributed by atoms with Crippen molar-refractivity contribution in [3.05, 3.63) is 6.61 Å². The van der Waals surface area contributed by atoms with Crippen molar-refractivity contribution < 1.29 is 50.4 Å². The Morgan fingerprint density at radius 3 is 2.00 bits per heavy atom. The number of likely N-dealkylation sites (tertiary alicyclic amines) is 1. The van der Waals surface area contributed by atoms with Gasteiger partial charge in [-0.3, -0.25) is 24.1 Å². The molecule has 8 rings (SSSR count). The van der Waals surface area contributed by atoms with Crippen molar-refractivity contribution in [2.75, 3.05) is 0 Å². The predicted molar refractivity (Wildman–Crippen MR) is 146 cm³/mol. The quantitative estimate of drug-likeness (QED) is 0.161. The molecule has 1 heterocycles. The molecule has 0 radical (unpaired) electrons. The SMILES string of the molecule is O=C(OC1C2CC3C(C(=O)N(C(=O)C45CC6CC(CC(C6)C4)C5)C31)C2C(=O)O[CH-]C(F)(F)S(=O)(=O)[O-])C1CCCCCCC1.[Rf]. The van der Waals surface area contributed by atoms with Crippen molar-refractivity contribution in [1.29, 1.82) is 0 Å². The van der Waals surface area contributed by atoms with Crippen LogP contribution in [0.3, 0.4) is 0 Å². The summed E-state index contributed by atoms with van der Waals surface area (Å²) < 4.78 is 71.3. The topological polar surface area (TPSA) is 147 Å². The second-order valence-electron chi connectivity index (χ2n) is 14.8. The van der Waals surface area contributed by atoms with Crippen LogP contribution in [0.5, 0.6) is 0 Å². The molecule has 45 heavy (non-hydrogen) atoms. The molecule has 0 aromatic rings. The fraction of sp³-hybridized carbons (Fsp3) is 0.839. The van der Waals surface area contributed by atoms with Gasteiger partial charge < -0.3 is 14.0 Å². The van der Waals surface area contributed by atoms with Crippen LogP contribution in [-0.2, 0) is 38.8 Å². The largest absolute Gasteiger partial charge is 0.746 e. The van der Waals surface area contributed by atoms with Crippen LogP contribution in [0.15, 0.2) is 0 Å². The molecule has 2 amide bonds. The van der Waals surface area contributed by atoms with Crippen LogP contribution in [0, 0.1) is 59.4 Å². The van der Waals surface area contributed by atoms with Gasteiger partial charge in [0.15, 0.2) is 0 Å². The third-order valence-corrected chi connectivity index (χ3v) is 13.0. The molecule has 0 aromatic carbocycles. The van der Waals surface area contributed by atoms with Crippen LogP contribution in [0.1, 0.15) is 89.9 Å². The number of fused-ring (bicyclic) bond motifs is 1. The maximum absolute atomic E-state index is 14.5. The Morgan fingerprint density at radius 1 is 0.889 bits per heavy atom. The minimum Gasteiger partial charge on any atom is -0.746 e. The van der Waals surface area contributed by atoms with Crippen LogP contribution >= 0.6 is 0 Å². The number of nitrogens with zero attached hydrogens (tertiary/aromatic N) is 1. The normalized spacial score (nSPS) is 40.6. The van der Waals surface area contributed by atoms with Crippen molar-refractivity contribution in [2.24, 2.45) is 52.8 Å². The summed E-state index contributed by atoms with van der Waals surface area (Å²) in [6, 6.07) is -0.744. The molecule has 0 aromatic heterocycles. The molecule has 6 atom stereocenters. The monoisotopic (exact) mass is 906 g/mol. The number of imide groups is 1. The van der Waals surface area contributed by atoms with E-state index in [1.54, 1.807) is 0 Å². The summed E-state index contributed by atoms with van der Waals surface area (Å²) in [5, 5.41) is -4.97. The van der Waals surface area contributed by atoms with Crippen LogP contribution in [0.4, 0.5) is 8.78 Å². The molecule has 8 aliphatic rings. The summed E-state index contributed by atoms with van der Waals surface area (Å²) >= 11 is 0. The van der Waals surface area contributed by atoms with Crippen LogP contribution in [0.2, 0.25) is 0 Å². The minimum atomic E-state index is -6.15. The standard InChI is InChI=1S/C31H40F2NO9S.Rf/c32-31(33,44(39,40)41)15-42-28(37)23-21-11-20-22(23)26(35)34(29(38)30-12-16-8-17(13-30)10-18(9-16)14-30)24(20)25(21)43-27(36)19-6-4-2-1-3-5-7-19;/h15-25H,1-14H2,(H,39,40,41);/q-1;/p-1. The molecule has 10 nitrogen and oxygen atoms in total. The van der Waals surface area contributed by atoms with Gasteiger partial charge in [0, 0.05) is 5.92 Å². The Hall–Kier alpha value is -3.15. The van der Waals surface area contributed by atoms with E-state index in [-0.39, 0.29) is 18.2 Å². The smallest absolute Gasteiger partial charge is 0.309 e. The molecule has 0 N–H and O–H groups in total.